The lowest BCUT2D eigenvalue weighted by Gasteiger charge is -2.47. The Morgan fingerprint density at radius 2 is 1.81 bits per heavy atom. The second kappa shape index (κ2) is 9.16. The molecule has 4 atom stereocenters. The van der Waals surface area contributed by atoms with Gasteiger partial charge in [0.05, 0.1) is 25.4 Å². The molecule has 1 aliphatic heterocycles. The van der Waals surface area contributed by atoms with Gasteiger partial charge in [-0.15, -0.1) is 0 Å². The Morgan fingerprint density at radius 1 is 1.15 bits per heavy atom. The lowest BCUT2D eigenvalue weighted by molar-refractivity contribution is -0.325. The van der Waals surface area contributed by atoms with E-state index in [0.717, 1.165) is 6.42 Å². The summed E-state index contributed by atoms with van der Waals surface area (Å²) < 4.78 is 18.3. The zero-order valence-corrected chi connectivity index (χ0v) is 17.3. The van der Waals surface area contributed by atoms with Crippen molar-refractivity contribution >= 4 is 0 Å². The molecule has 1 aliphatic rings. The molecule has 0 N–H and O–H groups in total. The molecule has 3 nitrogen and oxygen atoms in total. The first kappa shape index (κ1) is 21.1. The molecule has 26 heavy (non-hydrogen) atoms. The lowest BCUT2D eigenvalue weighted by Crippen LogP contribution is -2.52. The van der Waals surface area contributed by atoms with Crippen LogP contribution in [0.25, 0.3) is 0 Å². The van der Waals surface area contributed by atoms with Gasteiger partial charge in [0, 0.05) is 11.8 Å². The van der Waals surface area contributed by atoms with E-state index in [1.165, 1.54) is 11.1 Å². The van der Waals surface area contributed by atoms with Gasteiger partial charge in [0.1, 0.15) is 0 Å². The van der Waals surface area contributed by atoms with Gasteiger partial charge in [-0.2, -0.15) is 0 Å². The Hall–Kier alpha value is -1.16. The van der Waals surface area contributed by atoms with Crippen LogP contribution in [0.3, 0.4) is 0 Å². The molecule has 1 saturated heterocycles. The summed E-state index contributed by atoms with van der Waals surface area (Å²) >= 11 is 0. The first-order valence-corrected chi connectivity index (χ1v) is 9.84. The molecule has 2 rings (SSSR count). The van der Waals surface area contributed by atoms with Crippen LogP contribution < -0.4 is 0 Å². The molecule has 0 aromatic heterocycles. The van der Waals surface area contributed by atoms with Gasteiger partial charge in [0.15, 0.2) is 5.79 Å². The van der Waals surface area contributed by atoms with Gasteiger partial charge in [-0.3, -0.25) is 0 Å². The molecular formula is C23H36O3. The van der Waals surface area contributed by atoms with Crippen molar-refractivity contribution in [3.8, 4) is 0 Å². The van der Waals surface area contributed by atoms with Crippen LogP contribution in [0.5, 0.6) is 0 Å². The summed E-state index contributed by atoms with van der Waals surface area (Å²) in [5.74, 6) is 0.574. The van der Waals surface area contributed by atoms with Crippen LogP contribution in [-0.2, 0) is 20.8 Å². The van der Waals surface area contributed by atoms with Crippen LogP contribution in [0.4, 0.5) is 0 Å². The van der Waals surface area contributed by atoms with Crippen LogP contribution in [0.1, 0.15) is 53.5 Å². The summed E-state index contributed by atoms with van der Waals surface area (Å²) in [7, 11) is 0. The van der Waals surface area contributed by atoms with Crippen LogP contribution in [0, 0.1) is 17.8 Å². The molecule has 1 fully saturated rings. The molecule has 0 spiro atoms. The zero-order valence-electron chi connectivity index (χ0n) is 17.3. The van der Waals surface area contributed by atoms with E-state index in [0.29, 0.717) is 31.0 Å². The van der Waals surface area contributed by atoms with Gasteiger partial charge in [0.2, 0.25) is 0 Å². The van der Waals surface area contributed by atoms with Crippen molar-refractivity contribution in [2.24, 2.45) is 17.8 Å². The molecule has 0 amide bonds. The molecule has 3 heteroatoms. The Balaban J connectivity index is 1.86. The normalized spacial score (nSPS) is 26.7. The average molecular weight is 361 g/mol. The highest BCUT2D eigenvalue weighted by molar-refractivity contribution is 5.13. The number of benzene rings is 1. The second-order valence-corrected chi connectivity index (χ2v) is 8.51. The van der Waals surface area contributed by atoms with E-state index in [1.54, 1.807) is 0 Å². The average Bonchev–Trinajstić information content (AvgIpc) is 2.58. The van der Waals surface area contributed by atoms with E-state index >= 15 is 0 Å². The molecule has 0 aliphatic carbocycles. The molecular weight excluding hydrogens is 324 g/mol. The van der Waals surface area contributed by atoms with Gasteiger partial charge < -0.3 is 14.2 Å². The molecule has 1 aromatic rings. The van der Waals surface area contributed by atoms with Crippen molar-refractivity contribution in [2.75, 3.05) is 6.61 Å². The monoisotopic (exact) mass is 360 g/mol. The van der Waals surface area contributed by atoms with Gasteiger partial charge >= 0.3 is 0 Å². The van der Waals surface area contributed by atoms with Crippen molar-refractivity contribution in [1.29, 1.82) is 0 Å². The topological polar surface area (TPSA) is 27.7 Å². The number of ether oxygens (including phenoxy) is 3. The Morgan fingerprint density at radius 3 is 2.42 bits per heavy atom. The van der Waals surface area contributed by atoms with E-state index in [1.807, 2.05) is 32.0 Å². The smallest absolute Gasteiger partial charge is 0.163 e. The fourth-order valence-corrected chi connectivity index (χ4v) is 3.62. The minimum absolute atomic E-state index is 0.134. The van der Waals surface area contributed by atoms with Crippen molar-refractivity contribution in [3.05, 3.63) is 48.0 Å². The summed E-state index contributed by atoms with van der Waals surface area (Å²) in [5, 5.41) is 0. The Labute approximate surface area is 159 Å². The van der Waals surface area contributed by atoms with Crippen LogP contribution >= 0.6 is 0 Å². The van der Waals surface area contributed by atoms with Crippen molar-refractivity contribution in [1.82, 2.24) is 0 Å². The van der Waals surface area contributed by atoms with Gasteiger partial charge in [-0.1, -0.05) is 70.2 Å². The minimum atomic E-state index is -0.542. The summed E-state index contributed by atoms with van der Waals surface area (Å²) in [6, 6.07) is 10.3. The highest BCUT2D eigenvalue weighted by atomic mass is 16.7. The standard InChI is InChI=1S/C23H36O3/c1-16(2)22-19(5)21(25-23(6,7)26-22)13-17(3)18(4)14-24-15-20-11-9-8-10-12-20/h8-12,16,18-19,21-22H,3,13-15H2,1-2,4-7H3/t18-,19-,21+,22-/m0/s1. The molecule has 1 aromatic carbocycles. The molecule has 0 bridgehead atoms. The maximum Gasteiger partial charge on any atom is 0.163 e. The van der Waals surface area contributed by atoms with Crippen LogP contribution in [0.15, 0.2) is 42.5 Å². The maximum absolute atomic E-state index is 6.24. The predicted molar refractivity (Wildman–Crippen MR) is 107 cm³/mol. The fraction of sp³-hybridized carbons (Fsp3) is 0.652. The highest BCUT2D eigenvalue weighted by Gasteiger charge is 2.42. The molecule has 0 saturated carbocycles. The van der Waals surface area contributed by atoms with Gasteiger partial charge in [-0.25, -0.2) is 0 Å². The Bertz CT molecular complexity index is 564. The maximum atomic E-state index is 6.24. The lowest BCUT2D eigenvalue weighted by atomic mass is 9.84. The number of hydrogen-bond donors (Lipinski definition) is 0. The minimum Gasteiger partial charge on any atom is -0.376 e. The third-order valence-electron chi connectivity index (χ3n) is 5.26. The highest BCUT2D eigenvalue weighted by Crippen LogP contribution is 2.37. The van der Waals surface area contributed by atoms with Gasteiger partial charge in [-0.05, 0) is 31.7 Å². The summed E-state index contributed by atoms with van der Waals surface area (Å²) in [4.78, 5) is 0. The second-order valence-electron chi connectivity index (χ2n) is 8.51. The van der Waals surface area contributed by atoms with Crippen molar-refractivity contribution in [2.45, 2.75) is 72.6 Å². The quantitative estimate of drug-likeness (QED) is 0.565. The third-order valence-corrected chi connectivity index (χ3v) is 5.26. The largest absolute Gasteiger partial charge is 0.376 e. The summed E-state index contributed by atoms with van der Waals surface area (Å²) in [6.45, 7) is 18.5. The first-order chi connectivity index (χ1) is 12.2. The van der Waals surface area contributed by atoms with E-state index in [4.69, 9.17) is 14.2 Å². The number of rotatable bonds is 8. The molecule has 1 heterocycles. The number of hydrogen-bond acceptors (Lipinski definition) is 3. The van der Waals surface area contributed by atoms with Crippen LogP contribution in [-0.4, -0.2) is 24.6 Å². The molecule has 0 unspecified atom stereocenters. The van der Waals surface area contributed by atoms with E-state index in [2.05, 4.69) is 46.4 Å². The fourth-order valence-electron chi connectivity index (χ4n) is 3.62. The van der Waals surface area contributed by atoms with Gasteiger partial charge in [0.25, 0.3) is 0 Å². The molecule has 0 radical (unpaired) electrons. The van der Waals surface area contributed by atoms with E-state index in [-0.39, 0.29) is 12.2 Å². The first-order valence-electron chi connectivity index (χ1n) is 9.84. The zero-order chi connectivity index (χ0) is 19.3. The summed E-state index contributed by atoms with van der Waals surface area (Å²) in [6.07, 6.45) is 1.20. The molecule has 146 valence electrons. The SMILES string of the molecule is C=C(C[C@H]1OC(C)(C)O[C@@H](C(C)C)[C@H]1C)[C@@H](C)COCc1ccccc1. The van der Waals surface area contributed by atoms with Crippen LogP contribution in [0.2, 0.25) is 0 Å². The predicted octanol–water partition coefficient (Wildman–Crippen LogP) is 5.60. The Kier molecular flexibility index (Phi) is 7.45. The van der Waals surface area contributed by atoms with E-state index in [9.17, 15) is 0 Å². The van der Waals surface area contributed by atoms with E-state index < -0.39 is 5.79 Å². The van der Waals surface area contributed by atoms with Crippen molar-refractivity contribution in [3.63, 3.8) is 0 Å². The summed E-state index contributed by atoms with van der Waals surface area (Å²) in [5.41, 5.74) is 2.39. The van der Waals surface area contributed by atoms with Crippen molar-refractivity contribution < 1.29 is 14.2 Å². The third kappa shape index (κ3) is 5.94.